The van der Waals surface area contributed by atoms with E-state index in [4.69, 9.17) is 14.2 Å². The fourth-order valence-electron chi connectivity index (χ4n) is 4.30. The average Bonchev–Trinajstić information content (AvgIpc) is 3.00. The van der Waals surface area contributed by atoms with Gasteiger partial charge in [0, 0.05) is 45.1 Å². The van der Waals surface area contributed by atoms with Crippen molar-refractivity contribution in [3.05, 3.63) is 30.1 Å². The zero-order valence-electron chi connectivity index (χ0n) is 14.3. The lowest BCUT2D eigenvalue weighted by molar-refractivity contribution is -0.0827. The number of hydrogen-bond acceptors (Lipinski definition) is 5. The van der Waals surface area contributed by atoms with E-state index < -0.39 is 0 Å². The van der Waals surface area contributed by atoms with Gasteiger partial charge in [0.05, 0.1) is 18.4 Å². The third-order valence-electron chi connectivity index (χ3n) is 5.59. The minimum absolute atomic E-state index is 0.164. The first-order valence-electron chi connectivity index (χ1n) is 9.35. The molecule has 24 heavy (non-hydrogen) atoms. The highest BCUT2D eigenvalue weighted by Crippen LogP contribution is 2.32. The number of nitrogens with zero attached hydrogens (tertiary/aromatic N) is 2. The molecule has 0 aromatic carbocycles. The topological polar surface area (TPSA) is 43.8 Å². The molecule has 0 N–H and O–H groups in total. The van der Waals surface area contributed by atoms with E-state index in [1.54, 1.807) is 0 Å². The van der Waals surface area contributed by atoms with Crippen LogP contribution in [0.2, 0.25) is 0 Å². The average molecular weight is 332 g/mol. The van der Waals surface area contributed by atoms with E-state index in [1.807, 2.05) is 24.4 Å². The van der Waals surface area contributed by atoms with Crippen molar-refractivity contribution in [3.8, 4) is 0 Å². The fourth-order valence-corrected chi connectivity index (χ4v) is 4.30. The van der Waals surface area contributed by atoms with Crippen LogP contribution in [0.4, 0.5) is 0 Å². The summed E-state index contributed by atoms with van der Waals surface area (Å²) in [6.45, 7) is 5.43. The second-order valence-corrected chi connectivity index (χ2v) is 7.23. The summed E-state index contributed by atoms with van der Waals surface area (Å²) in [4.78, 5) is 6.99. The SMILES string of the molecule is c1ccc(CO[C@H]2CN(CC3CCOCC3)[C@@H]3CCCO[C@H]23)nc1. The van der Waals surface area contributed by atoms with Crippen LogP contribution in [0.5, 0.6) is 0 Å². The largest absolute Gasteiger partial charge is 0.381 e. The highest BCUT2D eigenvalue weighted by atomic mass is 16.5. The predicted octanol–water partition coefficient (Wildman–Crippen LogP) is 2.26. The first kappa shape index (κ1) is 16.5. The monoisotopic (exact) mass is 332 g/mol. The van der Waals surface area contributed by atoms with E-state index in [-0.39, 0.29) is 12.2 Å². The fraction of sp³-hybridized carbons (Fsp3) is 0.737. The minimum atomic E-state index is 0.164. The van der Waals surface area contributed by atoms with Crippen LogP contribution in [0.1, 0.15) is 31.4 Å². The van der Waals surface area contributed by atoms with Gasteiger partial charge in [-0.05, 0) is 43.7 Å². The van der Waals surface area contributed by atoms with Crippen LogP contribution in [0.15, 0.2) is 24.4 Å². The van der Waals surface area contributed by atoms with Gasteiger partial charge in [-0.25, -0.2) is 0 Å². The molecular formula is C19H28N2O3. The predicted molar refractivity (Wildman–Crippen MR) is 90.7 cm³/mol. The van der Waals surface area contributed by atoms with E-state index >= 15 is 0 Å². The third-order valence-corrected chi connectivity index (χ3v) is 5.59. The summed E-state index contributed by atoms with van der Waals surface area (Å²) in [5.74, 6) is 0.760. The van der Waals surface area contributed by atoms with Gasteiger partial charge in [-0.15, -0.1) is 0 Å². The quantitative estimate of drug-likeness (QED) is 0.827. The van der Waals surface area contributed by atoms with Crippen molar-refractivity contribution in [1.82, 2.24) is 9.88 Å². The Kier molecular flexibility index (Phi) is 5.43. The van der Waals surface area contributed by atoms with Crippen molar-refractivity contribution >= 4 is 0 Å². The lowest BCUT2D eigenvalue weighted by Gasteiger charge is -2.34. The van der Waals surface area contributed by atoms with Crippen molar-refractivity contribution < 1.29 is 14.2 Å². The number of pyridine rings is 1. The molecule has 5 nitrogen and oxygen atoms in total. The summed E-state index contributed by atoms with van der Waals surface area (Å²) in [5, 5.41) is 0. The molecule has 3 atom stereocenters. The van der Waals surface area contributed by atoms with Crippen molar-refractivity contribution in [3.63, 3.8) is 0 Å². The van der Waals surface area contributed by atoms with Crippen LogP contribution in [0.25, 0.3) is 0 Å². The Morgan fingerprint density at radius 1 is 1.17 bits per heavy atom. The molecule has 0 aliphatic carbocycles. The van der Waals surface area contributed by atoms with Crippen LogP contribution in [0.3, 0.4) is 0 Å². The Morgan fingerprint density at radius 2 is 2.08 bits per heavy atom. The first-order valence-corrected chi connectivity index (χ1v) is 9.35. The van der Waals surface area contributed by atoms with Crippen molar-refractivity contribution in [2.45, 2.75) is 50.5 Å². The summed E-state index contributed by atoms with van der Waals surface area (Å²) in [5.41, 5.74) is 0.993. The van der Waals surface area contributed by atoms with Crippen LogP contribution in [-0.2, 0) is 20.8 Å². The third kappa shape index (κ3) is 3.80. The number of likely N-dealkylation sites (tertiary alicyclic amines) is 1. The minimum Gasteiger partial charge on any atom is -0.381 e. The summed E-state index contributed by atoms with van der Waals surface area (Å²) >= 11 is 0. The van der Waals surface area contributed by atoms with E-state index in [2.05, 4.69) is 9.88 Å². The molecule has 0 amide bonds. The lowest BCUT2D eigenvalue weighted by Crippen LogP contribution is -2.43. The van der Waals surface area contributed by atoms with Gasteiger partial charge >= 0.3 is 0 Å². The molecule has 3 aliphatic rings. The van der Waals surface area contributed by atoms with E-state index in [1.165, 1.54) is 25.7 Å². The Hall–Kier alpha value is -1.01. The molecular weight excluding hydrogens is 304 g/mol. The molecule has 132 valence electrons. The maximum Gasteiger partial charge on any atom is 0.100 e. The van der Waals surface area contributed by atoms with Gasteiger partial charge in [0.25, 0.3) is 0 Å². The van der Waals surface area contributed by atoms with Crippen molar-refractivity contribution in [1.29, 1.82) is 0 Å². The molecule has 1 aromatic rings. The van der Waals surface area contributed by atoms with Gasteiger partial charge in [-0.3, -0.25) is 9.88 Å². The van der Waals surface area contributed by atoms with Crippen LogP contribution in [-0.4, -0.2) is 61.0 Å². The number of fused-ring (bicyclic) bond motifs is 1. The number of hydrogen-bond donors (Lipinski definition) is 0. The van der Waals surface area contributed by atoms with Gasteiger partial charge in [0.1, 0.15) is 6.10 Å². The summed E-state index contributed by atoms with van der Waals surface area (Å²) in [6.07, 6.45) is 6.99. The molecule has 3 aliphatic heterocycles. The summed E-state index contributed by atoms with van der Waals surface area (Å²) < 4.78 is 17.8. The summed E-state index contributed by atoms with van der Waals surface area (Å²) in [7, 11) is 0. The van der Waals surface area contributed by atoms with E-state index in [9.17, 15) is 0 Å². The highest BCUT2D eigenvalue weighted by molar-refractivity contribution is 5.03. The molecule has 0 spiro atoms. The lowest BCUT2D eigenvalue weighted by atomic mass is 9.97. The molecule has 0 bridgehead atoms. The smallest absolute Gasteiger partial charge is 0.100 e. The van der Waals surface area contributed by atoms with Crippen LogP contribution in [0, 0.1) is 5.92 Å². The second-order valence-electron chi connectivity index (χ2n) is 7.23. The van der Waals surface area contributed by atoms with Gasteiger partial charge in [0.2, 0.25) is 0 Å². The van der Waals surface area contributed by atoms with Crippen LogP contribution >= 0.6 is 0 Å². The molecule has 4 heterocycles. The Balaban J connectivity index is 1.37. The van der Waals surface area contributed by atoms with Crippen molar-refractivity contribution in [2.24, 2.45) is 5.92 Å². The molecule has 0 saturated carbocycles. The molecule has 0 unspecified atom stereocenters. The van der Waals surface area contributed by atoms with Crippen LogP contribution < -0.4 is 0 Å². The zero-order valence-corrected chi connectivity index (χ0v) is 14.3. The summed E-state index contributed by atoms with van der Waals surface area (Å²) in [6, 6.07) is 6.50. The maximum absolute atomic E-state index is 6.22. The highest BCUT2D eigenvalue weighted by Gasteiger charge is 2.45. The maximum atomic E-state index is 6.22. The molecule has 5 heteroatoms. The second kappa shape index (κ2) is 7.91. The van der Waals surface area contributed by atoms with E-state index in [0.29, 0.717) is 12.6 Å². The Bertz CT molecular complexity index is 507. The normalized spacial score (nSPS) is 31.9. The van der Waals surface area contributed by atoms with Crippen molar-refractivity contribution in [2.75, 3.05) is 32.9 Å². The number of ether oxygens (including phenoxy) is 3. The van der Waals surface area contributed by atoms with Gasteiger partial charge < -0.3 is 14.2 Å². The zero-order chi connectivity index (χ0) is 16.2. The molecule has 1 aromatic heterocycles. The van der Waals surface area contributed by atoms with E-state index in [0.717, 1.165) is 44.5 Å². The van der Waals surface area contributed by atoms with Gasteiger partial charge in [-0.2, -0.15) is 0 Å². The first-order chi connectivity index (χ1) is 11.9. The van der Waals surface area contributed by atoms with Gasteiger partial charge in [-0.1, -0.05) is 6.07 Å². The Labute approximate surface area is 144 Å². The van der Waals surface area contributed by atoms with Gasteiger partial charge in [0.15, 0.2) is 0 Å². The number of aromatic nitrogens is 1. The Morgan fingerprint density at radius 3 is 2.92 bits per heavy atom. The standard InChI is InChI=1S/C19H28N2O3/c1-2-8-20-16(4-1)14-24-18-13-21(12-15-6-10-22-11-7-15)17-5-3-9-23-19(17)18/h1-2,4,8,15,17-19H,3,5-7,9-14H2/t17-,18+,19+/m1/s1. The number of rotatable bonds is 5. The molecule has 4 rings (SSSR count). The molecule has 3 saturated heterocycles. The molecule has 0 radical (unpaired) electrons. The molecule has 3 fully saturated rings.